The average Bonchev–Trinajstić information content (AvgIpc) is 2.90. The second-order valence-corrected chi connectivity index (χ2v) is 5.31. The summed E-state index contributed by atoms with van der Waals surface area (Å²) in [7, 11) is 0. The number of nitrogens with one attached hydrogen (secondary N) is 1. The van der Waals surface area contributed by atoms with Gasteiger partial charge in [0, 0.05) is 24.4 Å². The number of aromatic amines is 1. The minimum absolute atomic E-state index is 0.149. The Morgan fingerprint density at radius 3 is 2.91 bits per heavy atom. The summed E-state index contributed by atoms with van der Waals surface area (Å²) in [6.45, 7) is 1.99. The number of aryl methyl sites for hydroxylation is 1. The molecule has 108 valence electrons. The molecule has 3 aromatic heterocycles. The second kappa shape index (κ2) is 4.77. The summed E-state index contributed by atoms with van der Waals surface area (Å²) in [5.41, 5.74) is 4.38. The van der Waals surface area contributed by atoms with Crippen LogP contribution in [0.3, 0.4) is 0 Å². The molecule has 1 aliphatic rings. The van der Waals surface area contributed by atoms with Crippen LogP contribution in [0, 0.1) is 6.92 Å². The smallest absolute Gasteiger partial charge is 0.279 e. The molecule has 0 fully saturated rings. The highest BCUT2D eigenvalue weighted by Gasteiger charge is 2.17. The quantitative estimate of drug-likeness (QED) is 0.796. The van der Waals surface area contributed by atoms with Crippen molar-refractivity contribution in [2.24, 2.45) is 0 Å². The predicted molar refractivity (Wildman–Crippen MR) is 82.5 cm³/mol. The molecule has 0 spiro atoms. The molecule has 0 bridgehead atoms. The molecule has 22 heavy (non-hydrogen) atoms. The van der Waals surface area contributed by atoms with Crippen LogP contribution in [0.2, 0.25) is 0 Å². The van der Waals surface area contributed by atoms with Crippen molar-refractivity contribution < 1.29 is 0 Å². The van der Waals surface area contributed by atoms with Crippen LogP contribution in [0.1, 0.15) is 22.4 Å². The minimum Gasteiger partial charge on any atom is -0.323 e. The molecule has 0 radical (unpaired) electrons. The van der Waals surface area contributed by atoms with E-state index in [0.29, 0.717) is 17.8 Å². The second-order valence-electron chi connectivity index (χ2n) is 5.31. The van der Waals surface area contributed by atoms with E-state index in [1.165, 1.54) is 10.8 Å². The number of nitrogens with zero attached hydrogens (tertiary/aromatic N) is 4. The molecule has 0 amide bonds. The van der Waals surface area contributed by atoms with E-state index in [4.69, 9.17) is 0 Å². The minimum atomic E-state index is -0.149. The molecular formula is C16H13N5O. The van der Waals surface area contributed by atoms with Gasteiger partial charge in [-0.2, -0.15) is 14.6 Å². The van der Waals surface area contributed by atoms with Crippen molar-refractivity contribution in [3.05, 3.63) is 75.8 Å². The Labute approximate surface area is 125 Å². The van der Waals surface area contributed by atoms with Crippen molar-refractivity contribution in [1.29, 1.82) is 0 Å². The van der Waals surface area contributed by atoms with Crippen molar-refractivity contribution in [3.63, 3.8) is 0 Å². The highest BCUT2D eigenvalue weighted by Crippen LogP contribution is 2.23. The van der Waals surface area contributed by atoms with Crippen molar-refractivity contribution >= 4 is 11.4 Å². The van der Waals surface area contributed by atoms with Crippen LogP contribution in [0.5, 0.6) is 0 Å². The van der Waals surface area contributed by atoms with Crippen molar-refractivity contribution in [2.45, 2.75) is 13.3 Å². The highest BCUT2D eigenvalue weighted by atomic mass is 16.1. The zero-order chi connectivity index (χ0) is 15.1. The lowest BCUT2D eigenvalue weighted by molar-refractivity contribution is 0.866. The van der Waals surface area contributed by atoms with E-state index < -0.39 is 0 Å². The number of rotatable bonds is 3. The normalized spacial score (nSPS) is 13.2. The van der Waals surface area contributed by atoms with Gasteiger partial charge in [-0.25, -0.2) is 0 Å². The van der Waals surface area contributed by atoms with Crippen molar-refractivity contribution in [2.75, 3.05) is 0 Å². The number of hydrogen-bond donors (Lipinski definition) is 1. The maximum absolute atomic E-state index is 12.7. The van der Waals surface area contributed by atoms with E-state index in [0.717, 1.165) is 22.4 Å². The molecule has 6 heteroatoms. The first-order valence-corrected chi connectivity index (χ1v) is 6.96. The van der Waals surface area contributed by atoms with E-state index in [9.17, 15) is 4.79 Å². The van der Waals surface area contributed by atoms with Gasteiger partial charge in [0.25, 0.3) is 5.56 Å². The number of hydrogen-bond acceptors (Lipinski definition) is 4. The first kappa shape index (κ1) is 12.7. The molecule has 0 saturated heterocycles. The van der Waals surface area contributed by atoms with Crippen LogP contribution in [0.15, 0.2) is 47.8 Å². The predicted octanol–water partition coefficient (Wildman–Crippen LogP) is 1.67. The fraction of sp³-hybridized carbons (Fsp3) is 0.125. The Hall–Kier alpha value is -3.02. The SMILES string of the molecule is Cc1cncc(Cc2c(C3=CC=C3)[nH]c3ncnn3c2=O)c1. The molecule has 3 heterocycles. The Balaban J connectivity index is 1.90. The van der Waals surface area contributed by atoms with Gasteiger partial charge in [0.15, 0.2) is 0 Å². The zero-order valence-electron chi connectivity index (χ0n) is 11.9. The standard InChI is InChI=1S/C16H13N5O/c1-10-5-11(8-17-7-10)6-13-14(12-3-2-4-12)20-16-18-9-19-21(16)15(13)22/h2-5,7-9H,6H2,1H3,(H,18,19,20). The highest BCUT2D eigenvalue weighted by molar-refractivity contribution is 5.81. The van der Waals surface area contributed by atoms with Gasteiger partial charge in [-0.05, 0) is 23.6 Å². The van der Waals surface area contributed by atoms with Crippen molar-refractivity contribution in [3.8, 4) is 0 Å². The Kier molecular flexibility index (Phi) is 2.75. The number of fused-ring (bicyclic) bond motifs is 1. The van der Waals surface area contributed by atoms with E-state index >= 15 is 0 Å². The number of H-pyrrole nitrogens is 1. The molecule has 4 rings (SSSR count). The fourth-order valence-corrected chi connectivity index (χ4v) is 2.59. The Morgan fingerprint density at radius 2 is 2.18 bits per heavy atom. The van der Waals surface area contributed by atoms with E-state index in [-0.39, 0.29) is 5.56 Å². The van der Waals surface area contributed by atoms with Gasteiger partial charge in [0.05, 0.1) is 5.69 Å². The van der Waals surface area contributed by atoms with E-state index in [2.05, 4.69) is 20.1 Å². The number of aromatic nitrogens is 5. The summed E-state index contributed by atoms with van der Waals surface area (Å²) >= 11 is 0. The summed E-state index contributed by atoms with van der Waals surface area (Å²) in [6, 6.07) is 2.03. The van der Waals surface area contributed by atoms with Crippen LogP contribution in [0.4, 0.5) is 0 Å². The summed E-state index contributed by atoms with van der Waals surface area (Å²) in [5, 5.41) is 3.99. The monoisotopic (exact) mass is 291 g/mol. The molecule has 6 nitrogen and oxygen atoms in total. The van der Waals surface area contributed by atoms with Gasteiger partial charge < -0.3 is 4.98 Å². The lowest BCUT2D eigenvalue weighted by atomic mass is 9.97. The lowest BCUT2D eigenvalue weighted by Crippen LogP contribution is -2.23. The number of pyridine rings is 1. The van der Waals surface area contributed by atoms with Gasteiger partial charge in [-0.15, -0.1) is 0 Å². The first-order chi connectivity index (χ1) is 10.7. The van der Waals surface area contributed by atoms with Crippen LogP contribution >= 0.6 is 0 Å². The van der Waals surface area contributed by atoms with E-state index in [1.807, 2.05) is 31.2 Å². The summed E-state index contributed by atoms with van der Waals surface area (Å²) < 4.78 is 1.30. The lowest BCUT2D eigenvalue weighted by Gasteiger charge is -2.13. The third kappa shape index (κ3) is 1.96. The molecule has 0 saturated carbocycles. The van der Waals surface area contributed by atoms with Crippen LogP contribution in [-0.2, 0) is 6.42 Å². The van der Waals surface area contributed by atoms with Gasteiger partial charge >= 0.3 is 0 Å². The molecule has 1 N–H and O–H groups in total. The van der Waals surface area contributed by atoms with E-state index in [1.54, 1.807) is 12.4 Å². The fourth-order valence-electron chi connectivity index (χ4n) is 2.59. The Morgan fingerprint density at radius 1 is 1.32 bits per heavy atom. The molecule has 1 aliphatic carbocycles. The Bertz CT molecular complexity index is 993. The third-order valence-corrected chi connectivity index (χ3v) is 3.69. The van der Waals surface area contributed by atoms with Crippen LogP contribution in [0.25, 0.3) is 11.4 Å². The largest absolute Gasteiger partial charge is 0.323 e. The third-order valence-electron chi connectivity index (χ3n) is 3.69. The van der Waals surface area contributed by atoms with Gasteiger partial charge in [-0.3, -0.25) is 9.78 Å². The number of allylic oxidation sites excluding steroid dienone is 4. The van der Waals surface area contributed by atoms with Gasteiger partial charge in [0.1, 0.15) is 6.33 Å². The molecule has 0 aromatic carbocycles. The topological polar surface area (TPSA) is 75.9 Å². The summed E-state index contributed by atoms with van der Waals surface area (Å²) in [6.07, 6.45) is 11.3. The van der Waals surface area contributed by atoms with Crippen LogP contribution in [-0.4, -0.2) is 24.6 Å². The molecule has 3 aromatic rings. The summed E-state index contributed by atoms with van der Waals surface area (Å²) in [4.78, 5) is 24.2. The first-order valence-electron chi connectivity index (χ1n) is 6.96. The maximum atomic E-state index is 12.7. The average molecular weight is 291 g/mol. The van der Waals surface area contributed by atoms with Gasteiger partial charge in [-0.1, -0.05) is 24.3 Å². The molecule has 0 atom stereocenters. The molecule has 0 aliphatic heterocycles. The van der Waals surface area contributed by atoms with Gasteiger partial charge in [0.2, 0.25) is 5.78 Å². The zero-order valence-corrected chi connectivity index (χ0v) is 11.9. The maximum Gasteiger partial charge on any atom is 0.279 e. The molecule has 0 unspecified atom stereocenters. The summed E-state index contributed by atoms with van der Waals surface area (Å²) in [5.74, 6) is 0.451. The molecular weight excluding hydrogens is 278 g/mol. The van der Waals surface area contributed by atoms with Crippen molar-refractivity contribution in [1.82, 2.24) is 24.6 Å². The van der Waals surface area contributed by atoms with Crippen LogP contribution < -0.4 is 5.56 Å².